The normalized spacial score (nSPS) is 12.3. The zero-order valence-corrected chi connectivity index (χ0v) is 15.8. The molecule has 0 unspecified atom stereocenters. The largest absolute Gasteiger partial charge is 0.244 e. The van der Waals surface area contributed by atoms with Crippen LogP contribution in [0.3, 0.4) is 0 Å². The van der Waals surface area contributed by atoms with Crippen LogP contribution in [0, 0.1) is 11.6 Å². The lowest BCUT2D eigenvalue weighted by molar-refractivity contribution is 0.541. The van der Waals surface area contributed by atoms with Gasteiger partial charge in [-0.2, -0.15) is 0 Å². The van der Waals surface area contributed by atoms with Crippen molar-refractivity contribution in [1.29, 1.82) is 0 Å². The van der Waals surface area contributed by atoms with Crippen molar-refractivity contribution >= 4 is 36.0 Å². The lowest BCUT2D eigenvalue weighted by Gasteiger charge is -2.10. The Labute approximate surface area is 152 Å². The van der Waals surface area contributed by atoms with E-state index in [0.717, 1.165) is 6.07 Å². The molecule has 2 aromatic carbocycles. The predicted molar refractivity (Wildman–Crippen MR) is 90.8 cm³/mol. The van der Waals surface area contributed by atoms with E-state index in [1.807, 2.05) is 0 Å². The van der Waals surface area contributed by atoms with Gasteiger partial charge < -0.3 is 0 Å². The minimum Gasteiger partial charge on any atom is -0.225 e. The van der Waals surface area contributed by atoms with Crippen LogP contribution in [-0.2, 0) is 26.5 Å². The lowest BCUT2D eigenvalue weighted by Crippen LogP contribution is -2.27. The summed E-state index contributed by atoms with van der Waals surface area (Å²) >= 11 is 2.83. The molecule has 2 rings (SSSR count). The second-order valence-electron chi connectivity index (χ2n) is 5.04. The summed E-state index contributed by atoms with van der Waals surface area (Å²) in [5, 5.41) is 4.98. The maximum atomic E-state index is 13.8. The van der Waals surface area contributed by atoms with Crippen molar-refractivity contribution in [3.05, 3.63) is 58.1 Å². The van der Waals surface area contributed by atoms with Crippen molar-refractivity contribution in [1.82, 2.24) is 4.72 Å². The van der Waals surface area contributed by atoms with Gasteiger partial charge in [-0.3, -0.25) is 0 Å². The smallest absolute Gasteiger partial charge is 0.225 e. The number of sulfonamides is 2. The lowest BCUT2D eigenvalue weighted by atomic mass is 10.2. The molecule has 0 aliphatic rings. The van der Waals surface area contributed by atoms with Gasteiger partial charge in [0.05, 0.1) is 4.90 Å². The average molecular weight is 455 g/mol. The summed E-state index contributed by atoms with van der Waals surface area (Å²) in [6.07, 6.45) is 0.227. The third-order valence-corrected chi connectivity index (χ3v) is 6.54. The molecule has 0 atom stereocenters. The first-order valence-corrected chi connectivity index (χ1v) is 10.6. The van der Waals surface area contributed by atoms with Crippen molar-refractivity contribution in [2.75, 3.05) is 6.54 Å². The zero-order valence-electron chi connectivity index (χ0n) is 12.5. The standard InChI is InChI=1S/C14H13BrF2N2O4S2/c15-12-7-10(16)8-13(17)14(12)25(22,23)19-6-5-9-1-3-11(4-2-9)24(18,20)21/h1-4,7-8,19H,5-6H2,(H2,18,20,21). The van der Waals surface area contributed by atoms with Gasteiger partial charge in [-0.25, -0.2) is 35.5 Å². The fourth-order valence-corrected chi connectivity index (χ4v) is 4.74. The maximum absolute atomic E-state index is 13.8. The first-order chi connectivity index (χ1) is 11.5. The van der Waals surface area contributed by atoms with Crippen LogP contribution in [0.1, 0.15) is 5.56 Å². The van der Waals surface area contributed by atoms with E-state index in [0.29, 0.717) is 11.6 Å². The van der Waals surface area contributed by atoms with Crippen LogP contribution >= 0.6 is 15.9 Å². The second kappa shape index (κ2) is 7.46. The molecule has 0 amide bonds. The predicted octanol–water partition coefficient (Wildman–Crippen LogP) is 1.90. The van der Waals surface area contributed by atoms with Gasteiger partial charge in [-0.05, 0) is 46.1 Å². The second-order valence-corrected chi connectivity index (χ2v) is 9.15. The van der Waals surface area contributed by atoms with Gasteiger partial charge in [-0.15, -0.1) is 0 Å². The third kappa shape index (κ3) is 5.05. The van der Waals surface area contributed by atoms with Crippen molar-refractivity contribution in [2.24, 2.45) is 5.14 Å². The molecule has 136 valence electrons. The molecule has 0 spiro atoms. The zero-order chi connectivity index (χ0) is 18.8. The summed E-state index contributed by atoms with van der Waals surface area (Å²) in [6, 6.07) is 6.91. The van der Waals surface area contributed by atoms with E-state index >= 15 is 0 Å². The van der Waals surface area contributed by atoms with E-state index in [-0.39, 0.29) is 22.3 Å². The monoisotopic (exact) mass is 454 g/mol. The highest BCUT2D eigenvalue weighted by Gasteiger charge is 2.23. The quantitative estimate of drug-likeness (QED) is 0.694. The Morgan fingerprint density at radius 2 is 1.64 bits per heavy atom. The summed E-state index contributed by atoms with van der Waals surface area (Å²) in [7, 11) is -8.00. The van der Waals surface area contributed by atoms with E-state index in [4.69, 9.17) is 5.14 Å². The molecule has 3 N–H and O–H groups in total. The van der Waals surface area contributed by atoms with Crippen molar-refractivity contribution < 1.29 is 25.6 Å². The summed E-state index contributed by atoms with van der Waals surface area (Å²) in [5.41, 5.74) is 0.647. The van der Waals surface area contributed by atoms with Crippen LogP contribution in [-0.4, -0.2) is 23.4 Å². The minimum absolute atomic E-state index is 0.0610. The van der Waals surface area contributed by atoms with Gasteiger partial charge >= 0.3 is 0 Å². The molecule has 0 radical (unpaired) electrons. The van der Waals surface area contributed by atoms with Crippen molar-refractivity contribution in [3.63, 3.8) is 0 Å². The molecule has 0 saturated heterocycles. The Morgan fingerprint density at radius 1 is 1.04 bits per heavy atom. The molecule has 6 nitrogen and oxygen atoms in total. The molecular weight excluding hydrogens is 442 g/mol. The molecule has 2 aromatic rings. The average Bonchev–Trinajstić information content (AvgIpc) is 2.45. The van der Waals surface area contributed by atoms with Crippen LogP contribution < -0.4 is 9.86 Å². The van der Waals surface area contributed by atoms with Gasteiger partial charge in [0, 0.05) is 17.1 Å². The molecule has 11 heteroatoms. The SMILES string of the molecule is NS(=O)(=O)c1ccc(CCNS(=O)(=O)c2c(F)cc(F)cc2Br)cc1. The molecule has 0 aromatic heterocycles. The number of benzene rings is 2. The first kappa shape index (κ1) is 19.9. The number of halogens is 3. The number of hydrogen-bond acceptors (Lipinski definition) is 4. The van der Waals surface area contributed by atoms with Gasteiger partial charge in [0.25, 0.3) is 0 Å². The molecule has 0 heterocycles. The van der Waals surface area contributed by atoms with Gasteiger partial charge in [-0.1, -0.05) is 12.1 Å². The Morgan fingerprint density at radius 3 is 2.16 bits per heavy atom. The topological polar surface area (TPSA) is 106 Å². The number of rotatable bonds is 6. The van der Waals surface area contributed by atoms with Crippen LogP contribution in [0.25, 0.3) is 0 Å². The summed E-state index contributed by atoms with van der Waals surface area (Å²) in [6.45, 7) is -0.0691. The Balaban J connectivity index is 2.09. The number of primary sulfonamides is 1. The Bertz CT molecular complexity index is 971. The highest BCUT2D eigenvalue weighted by molar-refractivity contribution is 9.10. The van der Waals surface area contributed by atoms with Gasteiger partial charge in [0.2, 0.25) is 20.0 Å². The van der Waals surface area contributed by atoms with E-state index in [9.17, 15) is 25.6 Å². The van der Waals surface area contributed by atoms with Crippen molar-refractivity contribution in [2.45, 2.75) is 16.2 Å². The highest BCUT2D eigenvalue weighted by atomic mass is 79.9. The first-order valence-electron chi connectivity index (χ1n) is 6.76. The minimum atomic E-state index is -4.19. The van der Waals surface area contributed by atoms with E-state index < -0.39 is 36.6 Å². The summed E-state index contributed by atoms with van der Waals surface area (Å²) in [5.74, 6) is -2.12. The Hall–Kier alpha value is -1.40. The van der Waals surface area contributed by atoms with E-state index in [2.05, 4.69) is 20.7 Å². The molecule has 0 aliphatic heterocycles. The van der Waals surface area contributed by atoms with Crippen LogP contribution in [0.15, 0.2) is 50.7 Å². The molecule has 25 heavy (non-hydrogen) atoms. The van der Waals surface area contributed by atoms with Crippen LogP contribution in [0.2, 0.25) is 0 Å². The molecule has 0 aliphatic carbocycles. The number of hydrogen-bond donors (Lipinski definition) is 2. The highest BCUT2D eigenvalue weighted by Crippen LogP contribution is 2.26. The van der Waals surface area contributed by atoms with E-state index in [1.165, 1.54) is 24.3 Å². The van der Waals surface area contributed by atoms with Gasteiger partial charge in [0.1, 0.15) is 16.5 Å². The van der Waals surface area contributed by atoms with Gasteiger partial charge in [0.15, 0.2) is 0 Å². The maximum Gasteiger partial charge on any atom is 0.244 e. The molecule has 0 saturated carbocycles. The van der Waals surface area contributed by atoms with Crippen LogP contribution in [0.5, 0.6) is 0 Å². The number of nitrogens with one attached hydrogen (secondary N) is 1. The summed E-state index contributed by atoms with van der Waals surface area (Å²) < 4.78 is 75.4. The molecular formula is C14H13BrF2N2O4S2. The fourth-order valence-electron chi connectivity index (χ4n) is 2.03. The molecule has 0 fully saturated rings. The third-order valence-electron chi connectivity index (χ3n) is 3.19. The van der Waals surface area contributed by atoms with Crippen LogP contribution in [0.4, 0.5) is 8.78 Å². The summed E-state index contributed by atoms with van der Waals surface area (Å²) in [4.78, 5) is -0.743. The number of nitrogens with two attached hydrogens (primary N) is 1. The van der Waals surface area contributed by atoms with E-state index in [1.54, 1.807) is 0 Å². The van der Waals surface area contributed by atoms with Crippen molar-refractivity contribution in [3.8, 4) is 0 Å². The Kier molecular flexibility index (Phi) is 5.94. The molecule has 0 bridgehead atoms. The fraction of sp³-hybridized carbons (Fsp3) is 0.143.